The smallest absolute Gasteiger partial charge is 0.150 e. The van der Waals surface area contributed by atoms with Gasteiger partial charge >= 0.3 is 0 Å². The Morgan fingerprint density at radius 3 is 2.47 bits per heavy atom. The monoisotopic (exact) mass is 207 g/mol. The minimum absolute atomic E-state index is 0.677. The molecule has 0 saturated heterocycles. The molecule has 3 nitrogen and oxygen atoms in total. The summed E-state index contributed by atoms with van der Waals surface area (Å²) < 4.78 is 5.51. The van der Waals surface area contributed by atoms with Gasteiger partial charge in [0.2, 0.25) is 0 Å². The van der Waals surface area contributed by atoms with Crippen LogP contribution in [0, 0.1) is 0 Å². The van der Waals surface area contributed by atoms with E-state index in [1.807, 2.05) is 26.2 Å². The van der Waals surface area contributed by atoms with Gasteiger partial charge in [0.05, 0.1) is 6.61 Å². The molecular weight excluding hydrogens is 190 g/mol. The summed E-state index contributed by atoms with van der Waals surface area (Å²) in [5, 5.41) is 0. The zero-order valence-corrected chi connectivity index (χ0v) is 9.27. The lowest BCUT2D eigenvalue weighted by molar-refractivity contribution is 0.112. The van der Waals surface area contributed by atoms with Crippen LogP contribution in [0.25, 0.3) is 0 Å². The molecule has 0 saturated carbocycles. The van der Waals surface area contributed by atoms with Crippen molar-refractivity contribution in [3.63, 3.8) is 0 Å². The number of hydrogen-bond acceptors (Lipinski definition) is 3. The summed E-state index contributed by atoms with van der Waals surface area (Å²) in [5.74, 6) is 0.819. The number of nitrogens with zero attached hydrogens (tertiary/aromatic N) is 1. The van der Waals surface area contributed by atoms with Crippen LogP contribution in [0.15, 0.2) is 24.3 Å². The third kappa shape index (κ3) is 4.61. The Balaban J connectivity index is 2.28. The molecule has 0 unspecified atom stereocenters. The number of rotatable bonds is 6. The lowest BCUT2D eigenvalue weighted by atomic mass is 10.2. The highest BCUT2D eigenvalue weighted by Crippen LogP contribution is 2.11. The highest BCUT2D eigenvalue weighted by atomic mass is 16.5. The average Bonchev–Trinajstić information content (AvgIpc) is 2.25. The molecule has 3 heteroatoms. The zero-order valence-electron chi connectivity index (χ0n) is 9.27. The Morgan fingerprint density at radius 2 is 1.93 bits per heavy atom. The van der Waals surface area contributed by atoms with E-state index in [0.29, 0.717) is 12.2 Å². The molecule has 0 aromatic heterocycles. The average molecular weight is 207 g/mol. The first-order valence-electron chi connectivity index (χ1n) is 5.05. The lowest BCUT2D eigenvalue weighted by Gasteiger charge is -2.10. The second kappa shape index (κ2) is 6.19. The Labute approximate surface area is 90.7 Å². The standard InChI is InChI=1S/C12H17NO2/c1-13(2)8-3-9-15-12-6-4-11(10-14)5-7-12/h4-7,10H,3,8-9H2,1-2H3. The van der Waals surface area contributed by atoms with E-state index in [4.69, 9.17) is 4.74 Å². The lowest BCUT2D eigenvalue weighted by Crippen LogP contribution is -2.15. The minimum Gasteiger partial charge on any atom is -0.494 e. The summed E-state index contributed by atoms with van der Waals surface area (Å²) in [4.78, 5) is 12.5. The molecule has 0 aliphatic carbocycles. The van der Waals surface area contributed by atoms with Crippen molar-refractivity contribution in [2.75, 3.05) is 27.2 Å². The van der Waals surface area contributed by atoms with Gasteiger partial charge in [0.25, 0.3) is 0 Å². The number of carbonyl (C=O) groups is 1. The topological polar surface area (TPSA) is 29.5 Å². The van der Waals surface area contributed by atoms with Crippen LogP contribution in [0.2, 0.25) is 0 Å². The van der Waals surface area contributed by atoms with Crippen molar-refractivity contribution in [3.05, 3.63) is 29.8 Å². The van der Waals surface area contributed by atoms with E-state index in [1.54, 1.807) is 12.1 Å². The van der Waals surface area contributed by atoms with Crippen molar-refractivity contribution in [3.8, 4) is 5.75 Å². The molecule has 1 aromatic rings. The van der Waals surface area contributed by atoms with Crippen LogP contribution in [0.1, 0.15) is 16.8 Å². The molecule has 1 rings (SSSR count). The molecule has 0 atom stereocenters. The summed E-state index contributed by atoms with van der Waals surface area (Å²) in [6.07, 6.45) is 1.83. The minimum atomic E-state index is 0.677. The molecule has 0 amide bonds. The first-order chi connectivity index (χ1) is 7.22. The summed E-state index contributed by atoms with van der Waals surface area (Å²) in [5.41, 5.74) is 0.677. The van der Waals surface area contributed by atoms with Crippen LogP contribution in [0.3, 0.4) is 0 Å². The predicted molar refractivity (Wildman–Crippen MR) is 60.5 cm³/mol. The fourth-order valence-electron chi connectivity index (χ4n) is 1.21. The van der Waals surface area contributed by atoms with Gasteiger partial charge in [-0.3, -0.25) is 4.79 Å². The van der Waals surface area contributed by atoms with Gasteiger partial charge in [-0.1, -0.05) is 0 Å². The number of benzene rings is 1. The van der Waals surface area contributed by atoms with Crippen molar-refractivity contribution in [2.24, 2.45) is 0 Å². The fraction of sp³-hybridized carbons (Fsp3) is 0.417. The van der Waals surface area contributed by atoms with E-state index < -0.39 is 0 Å². The van der Waals surface area contributed by atoms with Crippen LogP contribution in [-0.2, 0) is 0 Å². The van der Waals surface area contributed by atoms with E-state index in [1.165, 1.54) is 0 Å². The van der Waals surface area contributed by atoms with Crippen LogP contribution in [0.4, 0.5) is 0 Å². The number of hydrogen-bond donors (Lipinski definition) is 0. The highest BCUT2D eigenvalue weighted by Gasteiger charge is 1.95. The molecule has 0 heterocycles. The molecule has 15 heavy (non-hydrogen) atoms. The van der Waals surface area contributed by atoms with E-state index in [2.05, 4.69) is 4.90 Å². The third-order valence-electron chi connectivity index (χ3n) is 2.03. The van der Waals surface area contributed by atoms with Crippen LogP contribution in [0.5, 0.6) is 5.75 Å². The largest absolute Gasteiger partial charge is 0.494 e. The normalized spacial score (nSPS) is 10.3. The van der Waals surface area contributed by atoms with E-state index >= 15 is 0 Å². The molecular formula is C12H17NO2. The first kappa shape index (κ1) is 11.7. The van der Waals surface area contributed by atoms with Crippen LogP contribution >= 0.6 is 0 Å². The molecule has 0 spiro atoms. The van der Waals surface area contributed by atoms with Gasteiger partial charge in [0.1, 0.15) is 12.0 Å². The van der Waals surface area contributed by atoms with Crippen molar-refractivity contribution < 1.29 is 9.53 Å². The van der Waals surface area contributed by atoms with Crippen LogP contribution in [-0.4, -0.2) is 38.4 Å². The second-order valence-corrected chi connectivity index (χ2v) is 3.69. The van der Waals surface area contributed by atoms with Crippen LogP contribution < -0.4 is 4.74 Å². The maximum absolute atomic E-state index is 10.4. The molecule has 1 aromatic carbocycles. The van der Waals surface area contributed by atoms with Gasteiger partial charge < -0.3 is 9.64 Å². The van der Waals surface area contributed by atoms with Crippen molar-refractivity contribution in [1.82, 2.24) is 4.90 Å². The molecule has 0 fully saturated rings. The summed E-state index contributed by atoms with van der Waals surface area (Å²) >= 11 is 0. The zero-order chi connectivity index (χ0) is 11.1. The Kier molecular flexibility index (Phi) is 4.84. The summed E-state index contributed by atoms with van der Waals surface area (Å²) in [6.45, 7) is 1.73. The van der Waals surface area contributed by atoms with Gasteiger partial charge in [-0.05, 0) is 44.8 Å². The first-order valence-corrected chi connectivity index (χ1v) is 5.05. The molecule has 0 N–H and O–H groups in total. The van der Waals surface area contributed by atoms with Gasteiger partial charge in [0, 0.05) is 12.1 Å². The summed E-state index contributed by atoms with van der Waals surface area (Å²) in [7, 11) is 4.08. The molecule has 0 bridgehead atoms. The van der Waals surface area contributed by atoms with E-state index in [0.717, 1.165) is 25.0 Å². The molecule has 0 aliphatic heterocycles. The summed E-state index contributed by atoms with van der Waals surface area (Å²) in [6, 6.07) is 7.15. The van der Waals surface area contributed by atoms with Crippen molar-refractivity contribution in [1.29, 1.82) is 0 Å². The highest BCUT2D eigenvalue weighted by molar-refractivity contribution is 5.74. The fourth-order valence-corrected chi connectivity index (χ4v) is 1.21. The Bertz CT molecular complexity index is 293. The van der Waals surface area contributed by atoms with Crippen molar-refractivity contribution in [2.45, 2.75) is 6.42 Å². The quantitative estimate of drug-likeness (QED) is 0.526. The molecule has 0 aliphatic rings. The second-order valence-electron chi connectivity index (χ2n) is 3.69. The number of ether oxygens (including phenoxy) is 1. The number of aldehydes is 1. The van der Waals surface area contributed by atoms with E-state index in [9.17, 15) is 4.79 Å². The third-order valence-corrected chi connectivity index (χ3v) is 2.03. The van der Waals surface area contributed by atoms with Crippen molar-refractivity contribution >= 4 is 6.29 Å². The van der Waals surface area contributed by atoms with Gasteiger partial charge in [-0.2, -0.15) is 0 Å². The SMILES string of the molecule is CN(C)CCCOc1ccc(C=O)cc1. The molecule has 0 radical (unpaired) electrons. The van der Waals surface area contributed by atoms with Gasteiger partial charge in [0.15, 0.2) is 0 Å². The van der Waals surface area contributed by atoms with Gasteiger partial charge in [-0.15, -0.1) is 0 Å². The van der Waals surface area contributed by atoms with E-state index in [-0.39, 0.29) is 0 Å². The Hall–Kier alpha value is -1.35. The van der Waals surface area contributed by atoms with Gasteiger partial charge in [-0.25, -0.2) is 0 Å². The maximum Gasteiger partial charge on any atom is 0.150 e. The molecule has 82 valence electrons. The number of carbonyl (C=O) groups excluding carboxylic acids is 1. The Morgan fingerprint density at radius 1 is 1.27 bits per heavy atom. The predicted octanol–water partition coefficient (Wildman–Crippen LogP) is 1.83. The maximum atomic E-state index is 10.4.